The van der Waals surface area contributed by atoms with E-state index in [0.717, 1.165) is 17.5 Å². The molecule has 0 saturated carbocycles. The van der Waals surface area contributed by atoms with Gasteiger partial charge in [0, 0.05) is 11.3 Å². The molecule has 4 heteroatoms. The van der Waals surface area contributed by atoms with Gasteiger partial charge >= 0.3 is 5.97 Å². The lowest BCUT2D eigenvalue weighted by molar-refractivity contribution is 0.0505. The maximum absolute atomic E-state index is 12.3. The summed E-state index contributed by atoms with van der Waals surface area (Å²) in [7, 11) is 0. The highest BCUT2D eigenvalue weighted by Crippen LogP contribution is 2.16. The minimum absolute atomic E-state index is 0.160. The van der Waals surface area contributed by atoms with E-state index in [2.05, 4.69) is 5.32 Å². The third-order valence-corrected chi connectivity index (χ3v) is 3.67. The summed E-state index contributed by atoms with van der Waals surface area (Å²) in [6.45, 7) is 6.25. The van der Waals surface area contributed by atoms with Crippen molar-refractivity contribution in [3.8, 4) is 0 Å². The molecular weight excluding hydrogens is 290 g/mol. The first kappa shape index (κ1) is 16.7. The molecule has 120 valence electrons. The fraction of sp³-hybridized carbons (Fsp3) is 0.263. The SMILES string of the molecule is CCCOC(=O)c1ccc(NC(=O)c2cccc(C)c2C)cc1. The molecule has 0 aromatic heterocycles. The third-order valence-electron chi connectivity index (χ3n) is 3.67. The maximum Gasteiger partial charge on any atom is 0.338 e. The summed E-state index contributed by atoms with van der Waals surface area (Å²) in [5.41, 5.74) is 3.80. The lowest BCUT2D eigenvalue weighted by Gasteiger charge is -2.10. The third kappa shape index (κ3) is 4.19. The number of carbonyl (C=O) groups excluding carboxylic acids is 2. The van der Waals surface area contributed by atoms with E-state index in [1.165, 1.54) is 0 Å². The zero-order valence-electron chi connectivity index (χ0n) is 13.7. The molecular formula is C19H21NO3. The molecule has 0 bridgehead atoms. The van der Waals surface area contributed by atoms with Crippen LogP contribution in [0.5, 0.6) is 0 Å². The van der Waals surface area contributed by atoms with Crippen LogP contribution in [-0.4, -0.2) is 18.5 Å². The first-order valence-corrected chi connectivity index (χ1v) is 7.67. The largest absolute Gasteiger partial charge is 0.462 e. The van der Waals surface area contributed by atoms with Gasteiger partial charge in [0.15, 0.2) is 0 Å². The summed E-state index contributed by atoms with van der Waals surface area (Å²) in [6.07, 6.45) is 0.787. The van der Waals surface area contributed by atoms with Crippen molar-refractivity contribution in [1.82, 2.24) is 0 Å². The monoisotopic (exact) mass is 311 g/mol. The summed E-state index contributed by atoms with van der Waals surface area (Å²) in [6, 6.07) is 12.3. The molecule has 0 heterocycles. The topological polar surface area (TPSA) is 55.4 Å². The Balaban J connectivity index is 2.07. The van der Waals surface area contributed by atoms with Crippen LogP contribution in [-0.2, 0) is 4.74 Å². The lowest BCUT2D eigenvalue weighted by atomic mass is 10.0. The molecule has 0 saturated heterocycles. The number of hydrogen-bond acceptors (Lipinski definition) is 3. The molecule has 1 N–H and O–H groups in total. The normalized spacial score (nSPS) is 10.2. The molecule has 0 unspecified atom stereocenters. The number of esters is 1. The van der Waals surface area contributed by atoms with Gasteiger partial charge in [0.2, 0.25) is 0 Å². The Bertz CT molecular complexity index is 705. The van der Waals surface area contributed by atoms with Crippen molar-refractivity contribution in [1.29, 1.82) is 0 Å². The molecule has 2 rings (SSSR count). The van der Waals surface area contributed by atoms with Crippen LogP contribution in [0.4, 0.5) is 5.69 Å². The van der Waals surface area contributed by atoms with Gasteiger partial charge < -0.3 is 10.1 Å². The van der Waals surface area contributed by atoms with E-state index in [-0.39, 0.29) is 11.9 Å². The molecule has 0 aliphatic rings. The summed E-state index contributed by atoms with van der Waals surface area (Å²) in [4.78, 5) is 24.1. The predicted molar refractivity (Wildman–Crippen MR) is 90.9 cm³/mol. The molecule has 0 atom stereocenters. The van der Waals surface area contributed by atoms with E-state index in [1.54, 1.807) is 30.3 Å². The maximum atomic E-state index is 12.3. The van der Waals surface area contributed by atoms with Gasteiger partial charge in [-0.1, -0.05) is 19.1 Å². The smallest absolute Gasteiger partial charge is 0.338 e. The van der Waals surface area contributed by atoms with Gasteiger partial charge in [-0.2, -0.15) is 0 Å². The highest BCUT2D eigenvalue weighted by atomic mass is 16.5. The fourth-order valence-corrected chi connectivity index (χ4v) is 2.16. The number of anilines is 1. The number of carbonyl (C=O) groups is 2. The molecule has 2 aromatic carbocycles. The van der Waals surface area contributed by atoms with Crippen LogP contribution in [0, 0.1) is 13.8 Å². The molecule has 0 radical (unpaired) electrons. The Morgan fingerprint density at radius 2 is 1.74 bits per heavy atom. The summed E-state index contributed by atoms with van der Waals surface area (Å²) in [5, 5.41) is 2.84. The van der Waals surface area contributed by atoms with Crippen molar-refractivity contribution in [2.75, 3.05) is 11.9 Å². The van der Waals surface area contributed by atoms with E-state index in [9.17, 15) is 9.59 Å². The lowest BCUT2D eigenvalue weighted by Crippen LogP contribution is -2.14. The summed E-state index contributed by atoms with van der Waals surface area (Å²) < 4.78 is 5.07. The van der Waals surface area contributed by atoms with Crippen LogP contribution in [0.25, 0.3) is 0 Å². The Kier molecular flexibility index (Phi) is 5.52. The first-order chi connectivity index (χ1) is 11.0. The van der Waals surface area contributed by atoms with Crippen LogP contribution in [0.15, 0.2) is 42.5 Å². The fourth-order valence-electron chi connectivity index (χ4n) is 2.16. The second kappa shape index (κ2) is 7.58. The van der Waals surface area contributed by atoms with Crippen molar-refractivity contribution in [2.45, 2.75) is 27.2 Å². The van der Waals surface area contributed by atoms with Crippen LogP contribution >= 0.6 is 0 Å². The quantitative estimate of drug-likeness (QED) is 0.845. The zero-order valence-corrected chi connectivity index (χ0v) is 13.7. The van der Waals surface area contributed by atoms with Crippen molar-refractivity contribution in [3.05, 3.63) is 64.7 Å². The van der Waals surface area contributed by atoms with Gasteiger partial charge in [0.1, 0.15) is 0 Å². The Hall–Kier alpha value is -2.62. The van der Waals surface area contributed by atoms with Gasteiger partial charge in [-0.05, 0) is 61.7 Å². The predicted octanol–water partition coefficient (Wildman–Crippen LogP) is 4.12. The van der Waals surface area contributed by atoms with Gasteiger partial charge in [-0.3, -0.25) is 4.79 Å². The average molecular weight is 311 g/mol. The van der Waals surface area contributed by atoms with E-state index in [0.29, 0.717) is 23.4 Å². The standard InChI is InChI=1S/C19H21NO3/c1-4-12-23-19(22)15-8-10-16(11-9-15)20-18(21)17-7-5-6-13(2)14(17)3/h5-11H,4,12H2,1-3H3,(H,20,21). The minimum Gasteiger partial charge on any atom is -0.462 e. The zero-order chi connectivity index (χ0) is 16.8. The van der Waals surface area contributed by atoms with Crippen molar-refractivity contribution in [3.63, 3.8) is 0 Å². The van der Waals surface area contributed by atoms with Crippen molar-refractivity contribution in [2.24, 2.45) is 0 Å². The highest BCUT2D eigenvalue weighted by Gasteiger charge is 2.11. The van der Waals surface area contributed by atoms with Crippen molar-refractivity contribution >= 4 is 17.6 Å². The van der Waals surface area contributed by atoms with E-state index >= 15 is 0 Å². The number of nitrogens with one attached hydrogen (secondary N) is 1. The number of benzene rings is 2. The van der Waals surface area contributed by atoms with Gasteiger partial charge in [-0.15, -0.1) is 0 Å². The Labute approximate surface area is 136 Å². The summed E-state index contributed by atoms with van der Waals surface area (Å²) in [5.74, 6) is -0.508. The molecule has 0 aliphatic heterocycles. The van der Waals surface area contributed by atoms with E-state index in [4.69, 9.17) is 4.74 Å². The molecule has 2 aromatic rings. The first-order valence-electron chi connectivity index (χ1n) is 7.67. The molecule has 4 nitrogen and oxygen atoms in total. The average Bonchev–Trinajstić information content (AvgIpc) is 2.55. The van der Waals surface area contributed by atoms with Crippen LogP contribution in [0.1, 0.15) is 45.2 Å². The van der Waals surface area contributed by atoms with Gasteiger partial charge in [0.05, 0.1) is 12.2 Å². The number of rotatable bonds is 5. The van der Waals surface area contributed by atoms with Crippen LogP contribution in [0.3, 0.4) is 0 Å². The molecule has 0 spiro atoms. The Morgan fingerprint density at radius 1 is 1.04 bits per heavy atom. The van der Waals surface area contributed by atoms with Crippen LogP contribution < -0.4 is 5.32 Å². The number of ether oxygens (including phenoxy) is 1. The molecule has 0 fully saturated rings. The second-order valence-corrected chi connectivity index (χ2v) is 5.41. The van der Waals surface area contributed by atoms with Gasteiger partial charge in [-0.25, -0.2) is 4.79 Å². The van der Waals surface area contributed by atoms with Crippen LogP contribution in [0.2, 0.25) is 0 Å². The number of hydrogen-bond donors (Lipinski definition) is 1. The minimum atomic E-state index is -0.348. The van der Waals surface area contributed by atoms with Crippen molar-refractivity contribution < 1.29 is 14.3 Å². The summed E-state index contributed by atoms with van der Waals surface area (Å²) >= 11 is 0. The second-order valence-electron chi connectivity index (χ2n) is 5.41. The molecule has 0 aliphatic carbocycles. The molecule has 23 heavy (non-hydrogen) atoms. The number of aryl methyl sites for hydroxylation is 1. The van der Waals surface area contributed by atoms with E-state index in [1.807, 2.05) is 32.9 Å². The Morgan fingerprint density at radius 3 is 2.39 bits per heavy atom. The molecule has 1 amide bonds. The highest BCUT2D eigenvalue weighted by molar-refractivity contribution is 6.05. The van der Waals surface area contributed by atoms with Gasteiger partial charge in [0.25, 0.3) is 5.91 Å². The van der Waals surface area contributed by atoms with E-state index < -0.39 is 0 Å². The number of amides is 1.